The maximum Gasteiger partial charge on any atom is 0.338 e. The molecule has 0 spiro atoms. The second-order valence-corrected chi connectivity index (χ2v) is 9.22. The fraction of sp³-hybridized carbons (Fsp3) is 0.370. The summed E-state index contributed by atoms with van der Waals surface area (Å²) in [6, 6.07) is 14.3. The van der Waals surface area contributed by atoms with Gasteiger partial charge in [-0.1, -0.05) is 51.1 Å². The van der Waals surface area contributed by atoms with Crippen molar-refractivity contribution in [3.63, 3.8) is 0 Å². The van der Waals surface area contributed by atoms with E-state index in [4.69, 9.17) is 17.0 Å². The summed E-state index contributed by atoms with van der Waals surface area (Å²) in [5.74, 6) is -0.149. The number of nitrogens with one attached hydrogen (secondary N) is 3. The predicted octanol–water partition coefficient (Wildman–Crippen LogP) is 5.62. The summed E-state index contributed by atoms with van der Waals surface area (Å²) in [6.45, 7) is 10.9. The number of nitrogens with zero attached hydrogens (tertiary/aromatic N) is 1. The van der Waals surface area contributed by atoms with Crippen LogP contribution in [0.5, 0.6) is 0 Å². The molecule has 2 aromatic carbocycles. The number of urea groups is 1. The normalized spacial score (nSPS) is 15.7. The van der Waals surface area contributed by atoms with Crippen molar-refractivity contribution in [2.24, 2.45) is 5.92 Å². The van der Waals surface area contributed by atoms with E-state index in [9.17, 15) is 9.59 Å². The number of anilines is 2. The fourth-order valence-corrected chi connectivity index (χ4v) is 4.41. The molecule has 0 saturated carbocycles. The van der Waals surface area contributed by atoms with Gasteiger partial charge in [0.2, 0.25) is 0 Å². The average molecular weight is 495 g/mol. The van der Waals surface area contributed by atoms with Gasteiger partial charge in [-0.3, -0.25) is 0 Å². The first-order chi connectivity index (χ1) is 16.7. The lowest BCUT2D eigenvalue weighted by Gasteiger charge is -2.37. The Morgan fingerprint density at radius 1 is 1.11 bits per heavy atom. The molecule has 3 N–H and O–H groups in total. The van der Waals surface area contributed by atoms with Gasteiger partial charge in [0.1, 0.15) is 0 Å². The minimum Gasteiger partial charge on any atom is -0.462 e. The molecule has 1 atom stereocenters. The van der Waals surface area contributed by atoms with E-state index < -0.39 is 6.04 Å². The van der Waals surface area contributed by atoms with Crippen LogP contribution in [0.1, 0.15) is 51.8 Å². The summed E-state index contributed by atoms with van der Waals surface area (Å²) < 4.78 is 5.59. The van der Waals surface area contributed by atoms with E-state index in [-0.39, 0.29) is 17.9 Å². The van der Waals surface area contributed by atoms with E-state index in [1.807, 2.05) is 88.0 Å². The number of thiocarbonyl (C=S) groups is 1. The number of aryl methyl sites for hydroxylation is 1. The number of benzene rings is 2. The van der Waals surface area contributed by atoms with Gasteiger partial charge in [0.15, 0.2) is 5.11 Å². The summed E-state index contributed by atoms with van der Waals surface area (Å²) in [4.78, 5) is 27.7. The van der Waals surface area contributed by atoms with Crippen LogP contribution in [0.4, 0.5) is 16.2 Å². The van der Waals surface area contributed by atoms with Crippen LogP contribution in [-0.4, -0.2) is 35.2 Å². The van der Waals surface area contributed by atoms with Crippen molar-refractivity contribution >= 4 is 40.7 Å². The van der Waals surface area contributed by atoms with Gasteiger partial charge < -0.3 is 25.6 Å². The molecule has 35 heavy (non-hydrogen) atoms. The van der Waals surface area contributed by atoms with Crippen molar-refractivity contribution in [2.75, 3.05) is 23.8 Å². The lowest BCUT2D eigenvalue weighted by molar-refractivity contribution is -0.140. The van der Waals surface area contributed by atoms with E-state index in [0.29, 0.717) is 29.5 Å². The van der Waals surface area contributed by atoms with E-state index in [1.165, 1.54) is 0 Å². The lowest BCUT2D eigenvalue weighted by Crippen LogP contribution is -2.47. The van der Waals surface area contributed by atoms with E-state index in [1.54, 1.807) is 0 Å². The molecule has 1 aliphatic rings. The molecule has 0 radical (unpaired) electrons. The zero-order valence-electron chi connectivity index (χ0n) is 21.0. The molecule has 2 aromatic rings. The Morgan fingerprint density at radius 2 is 1.86 bits per heavy atom. The van der Waals surface area contributed by atoms with E-state index in [2.05, 4.69) is 16.0 Å². The molecule has 7 nitrogen and oxygen atoms in total. The second-order valence-electron chi connectivity index (χ2n) is 8.83. The molecule has 2 amide bonds. The van der Waals surface area contributed by atoms with Crippen molar-refractivity contribution in [2.45, 2.75) is 47.1 Å². The van der Waals surface area contributed by atoms with Crippen LogP contribution in [0, 0.1) is 5.92 Å². The quantitative estimate of drug-likeness (QED) is 0.327. The van der Waals surface area contributed by atoms with E-state index >= 15 is 0 Å². The van der Waals surface area contributed by atoms with Gasteiger partial charge in [-0.25, -0.2) is 9.59 Å². The number of ether oxygens (including phenoxy) is 1. The number of para-hydroxylation sites is 1. The van der Waals surface area contributed by atoms with Gasteiger partial charge in [-0.2, -0.15) is 0 Å². The van der Waals surface area contributed by atoms with Crippen LogP contribution in [0.2, 0.25) is 0 Å². The molecule has 1 unspecified atom stereocenters. The molecule has 8 heteroatoms. The Hall–Kier alpha value is -3.39. The Bertz CT molecular complexity index is 1130. The molecule has 0 fully saturated rings. The first-order valence-electron chi connectivity index (χ1n) is 12.0. The molecular formula is C27H34N4O3S. The number of hydrogen-bond acceptors (Lipinski definition) is 4. The third-order valence-electron chi connectivity index (χ3n) is 5.80. The summed E-state index contributed by atoms with van der Waals surface area (Å²) in [5, 5.41) is 9.64. The van der Waals surface area contributed by atoms with Crippen LogP contribution in [0.3, 0.4) is 0 Å². The van der Waals surface area contributed by atoms with E-state index in [0.717, 1.165) is 28.9 Å². The number of allylic oxidation sites excluding steroid dienone is 1. The number of amides is 2. The summed E-state index contributed by atoms with van der Waals surface area (Å²) in [7, 11) is 0. The molecule has 0 aromatic heterocycles. The largest absolute Gasteiger partial charge is 0.462 e. The zero-order valence-corrected chi connectivity index (χ0v) is 21.8. The topological polar surface area (TPSA) is 82.7 Å². The molecule has 1 heterocycles. The van der Waals surface area contributed by atoms with Gasteiger partial charge >= 0.3 is 12.0 Å². The van der Waals surface area contributed by atoms with Gasteiger partial charge in [0, 0.05) is 23.6 Å². The molecule has 0 bridgehead atoms. The summed E-state index contributed by atoms with van der Waals surface area (Å²) in [6.07, 6.45) is 0.815. The maximum atomic E-state index is 13.1. The van der Waals surface area contributed by atoms with Gasteiger partial charge in [0.25, 0.3) is 0 Å². The minimum atomic E-state index is -0.490. The monoisotopic (exact) mass is 494 g/mol. The number of carbonyl (C=O) groups excluding carboxylic acids is 2. The summed E-state index contributed by atoms with van der Waals surface area (Å²) >= 11 is 5.57. The predicted molar refractivity (Wildman–Crippen MR) is 144 cm³/mol. The van der Waals surface area contributed by atoms with Crippen LogP contribution in [0.25, 0.3) is 0 Å². The molecule has 0 aliphatic carbocycles. The Labute approximate surface area is 212 Å². The van der Waals surface area contributed by atoms with Crippen molar-refractivity contribution in [3.8, 4) is 0 Å². The standard InChI is InChI=1S/C27H34N4O3S/c1-6-19-11-8-9-14-22(19)29-26(33)28-21-13-10-12-20(15-21)24-23(25(32)34-16-17(3)4)18(5)31(7-2)27(35)30-24/h8-15,17,24H,6-7,16H2,1-5H3,(H,30,35)(H2,28,29,33). The Kier molecular flexibility index (Phi) is 8.87. The van der Waals surface area contributed by atoms with Crippen LogP contribution in [-0.2, 0) is 16.0 Å². The smallest absolute Gasteiger partial charge is 0.338 e. The highest BCUT2D eigenvalue weighted by Gasteiger charge is 2.34. The van der Waals surface area contributed by atoms with Crippen molar-refractivity contribution in [1.29, 1.82) is 0 Å². The van der Waals surface area contributed by atoms with Gasteiger partial charge in [0.05, 0.1) is 18.2 Å². The maximum absolute atomic E-state index is 13.1. The number of carbonyl (C=O) groups is 2. The SMILES string of the molecule is CCc1ccccc1NC(=O)Nc1cccc(C2NC(=S)N(CC)C(C)=C2C(=O)OCC(C)C)c1. The van der Waals surface area contributed by atoms with Crippen LogP contribution < -0.4 is 16.0 Å². The highest BCUT2D eigenvalue weighted by molar-refractivity contribution is 7.80. The van der Waals surface area contributed by atoms with Crippen molar-refractivity contribution in [1.82, 2.24) is 10.2 Å². The summed E-state index contributed by atoms with van der Waals surface area (Å²) in [5.41, 5.74) is 4.51. The highest BCUT2D eigenvalue weighted by atomic mass is 32.1. The highest BCUT2D eigenvalue weighted by Crippen LogP contribution is 2.32. The minimum absolute atomic E-state index is 0.224. The van der Waals surface area contributed by atoms with Crippen molar-refractivity contribution < 1.29 is 14.3 Å². The molecule has 0 saturated heterocycles. The zero-order chi connectivity index (χ0) is 25.5. The number of esters is 1. The first kappa shape index (κ1) is 26.2. The van der Waals surface area contributed by atoms with Crippen LogP contribution >= 0.6 is 12.2 Å². The third-order valence-corrected chi connectivity index (χ3v) is 6.14. The fourth-order valence-electron chi connectivity index (χ4n) is 4.03. The first-order valence-corrected chi connectivity index (χ1v) is 12.4. The van der Waals surface area contributed by atoms with Gasteiger partial charge in [-0.05, 0) is 67.7 Å². The Morgan fingerprint density at radius 3 is 2.54 bits per heavy atom. The molecule has 186 valence electrons. The lowest BCUT2D eigenvalue weighted by atomic mass is 9.94. The van der Waals surface area contributed by atoms with Gasteiger partial charge in [-0.15, -0.1) is 0 Å². The van der Waals surface area contributed by atoms with Crippen molar-refractivity contribution in [3.05, 3.63) is 70.9 Å². The number of hydrogen-bond donors (Lipinski definition) is 3. The van der Waals surface area contributed by atoms with Crippen LogP contribution in [0.15, 0.2) is 59.8 Å². The molecule has 1 aliphatic heterocycles. The Balaban J connectivity index is 1.86. The average Bonchev–Trinajstić information content (AvgIpc) is 2.83. The molecule has 3 rings (SSSR count). The third kappa shape index (κ3) is 6.39. The number of rotatable bonds is 8. The second kappa shape index (κ2) is 11.8. The molecular weight excluding hydrogens is 460 g/mol.